The monoisotopic (exact) mass is 327 g/mol. The molecule has 1 atom stereocenters. The van der Waals surface area contributed by atoms with Gasteiger partial charge >= 0.3 is 0 Å². The molecule has 2 aromatic heterocycles. The zero-order chi connectivity index (χ0) is 16.5. The van der Waals surface area contributed by atoms with Crippen molar-refractivity contribution in [1.82, 2.24) is 24.6 Å². The largest absolute Gasteiger partial charge is 0.351 e. The second-order valence-corrected chi connectivity index (χ2v) is 6.98. The fraction of sp³-hybridized carbons (Fsp3) is 0.556. The third-order valence-electron chi connectivity index (χ3n) is 5.44. The van der Waals surface area contributed by atoms with E-state index in [2.05, 4.69) is 26.1 Å². The molecule has 1 N–H and O–H groups in total. The number of hydrogen-bond donors (Lipinski definition) is 1. The van der Waals surface area contributed by atoms with E-state index in [-0.39, 0.29) is 5.91 Å². The van der Waals surface area contributed by atoms with Crippen LogP contribution in [-0.2, 0) is 13.6 Å². The number of nitrogens with one attached hydrogen (secondary N) is 1. The maximum absolute atomic E-state index is 12.2. The van der Waals surface area contributed by atoms with E-state index in [1.54, 1.807) is 0 Å². The van der Waals surface area contributed by atoms with Crippen LogP contribution in [0.3, 0.4) is 0 Å². The van der Waals surface area contributed by atoms with Crippen molar-refractivity contribution in [2.24, 2.45) is 7.05 Å². The lowest BCUT2D eigenvalue weighted by Crippen LogP contribution is -2.47. The van der Waals surface area contributed by atoms with Crippen LogP contribution in [-0.4, -0.2) is 44.3 Å². The summed E-state index contributed by atoms with van der Waals surface area (Å²) >= 11 is 0. The summed E-state index contributed by atoms with van der Waals surface area (Å²) in [4.78, 5) is 14.8. The van der Waals surface area contributed by atoms with Crippen molar-refractivity contribution in [2.75, 3.05) is 13.1 Å². The first-order chi connectivity index (χ1) is 11.7. The van der Waals surface area contributed by atoms with Gasteiger partial charge in [0.1, 0.15) is 5.69 Å². The molecule has 1 aliphatic heterocycles. The van der Waals surface area contributed by atoms with Crippen LogP contribution < -0.4 is 5.32 Å². The second-order valence-electron chi connectivity index (χ2n) is 6.98. The molecule has 0 bridgehead atoms. The minimum Gasteiger partial charge on any atom is -0.351 e. The molecular weight excluding hydrogens is 302 g/mol. The van der Waals surface area contributed by atoms with E-state index >= 15 is 0 Å². The van der Waals surface area contributed by atoms with E-state index in [0.717, 1.165) is 25.6 Å². The lowest BCUT2D eigenvalue weighted by Gasteiger charge is -2.42. The van der Waals surface area contributed by atoms with Gasteiger partial charge in [-0.15, -0.1) is 0 Å². The first kappa shape index (κ1) is 15.4. The summed E-state index contributed by atoms with van der Waals surface area (Å²) in [6.45, 7) is 2.72. The summed E-state index contributed by atoms with van der Waals surface area (Å²) in [6, 6.07) is 6.95. The van der Waals surface area contributed by atoms with Gasteiger partial charge in [-0.3, -0.25) is 14.4 Å². The lowest BCUT2D eigenvalue weighted by molar-refractivity contribution is 0.0722. The van der Waals surface area contributed by atoms with Crippen molar-refractivity contribution in [3.63, 3.8) is 0 Å². The van der Waals surface area contributed by atoms with Gasteiger partial charge in [0, 0.05) is 45.1 Å². The third-order valence-corrected chi connectivity index (χ3v) is 5.44. The molecule has 2 aromatic rings. The number of aryl methyl sites for hydroxylation is 1. The Morgan fingerprint density at radius 2 is 2.25 bits per heavy atom. The molecule has 1 fully saturated rings. The molecule has 0 radical (unpaired) electrons. The van der Waals surface area contributed by atoms with E-state index in [9.17, 15) is 4.79 Å². The smallest absolute Gasteiger partial charge is 0.267 e. The van der Waals surface area contributed by atoms with Gasteiger partial charge in [-0.05, 0) is 37.5 Å². The molecule has 1 amide bonds. The standard InChI is InChI=1S/C18H25N5O/c1-21-11-3-6-17(21)18(24)19-9-7-15-12-22(14-4-2-5-14)13-16-8-10-20-23(15)16/h3,6,8,10-11,14-15H,2,4-5,7,9,12-13H2,1H3,(H,19,24)/t15-/m0/s1. The second kappa shape index (κ2) is 6.43. The van der Waals surface area contributed by atoms with Gasteiger partial charge in [-0.25, -0.2) is 0 Å². The molecule has 0 saturated heterocycles. The van der Waals surface area contributed by atoms with E-state index in [1.165, 1.54) is 25.0 Å². The summed E-state index contributed by atoms with van der Waals surface area (Å²) < 4.78 is 4.00. The number of nitrogens with zero attached hydrogens (tertiary/aromatic N) is 4. The number of fused-ring (bicyclic) bond motifs is 1. The van der Waals surface area contributed by atoms with E-state index < -0.39 is 0 Å². The average molecular weight is 327 g/mol. The Kier molecular flexibility index (Phi) is 4.14. The summed E-state index contributed by atoms with van der Waals surface area (Å²) in [6.07, 6.45) is 8.71. The predicted octanol–water partition coefficient (Wildman–Crippen LogP) is 1.95. The highest BCUT2D eigenvalue weighted by Crippen LogP contribution is 2.31. The van der Waals surface area contributed by atoms with Crippen LogP contribution in [0.25, 0.3) is 0 Å². The van der Waals surface area contributed by atoms with Gasteiger partial charge in [0.05, 0.1) is 11.7 Å². The van der Waals surface area contributed by atoms with Crippen LogP contribution in [0.5, 0.6) is 0 Å². The number of rotatable bonds is 5. The molecule has 6 nitrogen and oxygen atoms in total. The molecule has 2 aliphatic rings. The zero-order valence-corrected chi connectivity index (χ0v) is 14.2. The quantitative estimate of drug-likeness (QED) is 0.913. The number of carbonyl (C=O) groups is 1. The number of hydrogen-bond acceptors (Lipinski definition) is 3. The minimum absolute atomic E-state index is 0.00477. The van der Waals surface area contributed by atoms with Crippen LogP contribution >= 0.6 is 0 Å². The molecule has 128 valence electrons. The Hall–Kier alpha value is -2.08. The molecule has 0 unspecified atom stereocenters. The molecule has 1 saturated carbocycles. The molecule has 3 heterocycles. The molecule has 24 heavy (non-hydrogen) atoms. The van der Waals surface area contributed by atoms with Crippen LogP contribution in [0.15, 0.2) is 30.6 Å². The molecule has 0 spiro atoms. The lowest BCUT2D eigenvalue weighted by atomic mass is 9.90. The van der Waals surface area contributed by atoms with Crippen molar-refractivity contribution < 1.29 is 4.79 Å². The van der Waals surface area contributed by atoms with Crippen LogP contribution in [0, 0.1) is 0 Å². The maximum atomic E-state index is 12.2. The van der Waals surface area contributed by atoms with Gasteiger partial charge in [-0.2, -0.15) is 5.10 Å². The van der Waals surface area contributed by atoms with Crippen molar-refractivity contribution in [3.05, 3.63) is 42.0 Å². The first-order valence-corrected chi connectivity index (χ1v) is 8.88. The van der Waals surface area contributed by atoms with Crippen LogP contribution in [0.4, 0.5) is 0 Å². The molecule has 0 aromatic carbocycles. The highest BCUT2D eigenvalue weighted by molar-refractivity contribution is 5.92. The predicted molar refractivity (Wildman–Crippen MR) is 91.7 cm³/mol. The first-order valence-electron chi connectivity index (χ1n) is 8.88. The molecule has 1 aliphatic carbocycles. The Morgan fingerprint density at radius 3 is 2.96 bits per heavy atom. The normalized spacial score (nSPS) is 21.3. The Balaban J connectivity index is 1.37. The summed E-state index contributed by atoms with van der Waals surface area (Å²) in [5.74, 6) is -0.00477. The highest BCUT2D eigenvalue weighted by Gasteiger charge is 2.32. The van der Waals surface area contributed by atoms with E-state index in [0.29, 0.717) is 18.3 Å². The van der Waals surface area contributed by atoms with Crippen molar-refractivity contribution in [1.29, 1.82) is 0 Å². The number of carbonyl (C=O) groups excluding carboxylic acids is 1. The average Bonchev–Trinajstić information content (AvgIpc) is 3.13. The van der Waals surface area contributed by atoms with Gasteiger partial charge in [-0.1, -0.05) is 6.42 Å². The fourth-order valence-corrected chi connectivity index (χ4v) is 3.80. The summed E-state index contributed by atoms with van der Waals surface area (Å²) in [7, 11) is 1.89. The van der Waals surface area contributed by atoms with Gasteiger partial charge in [0.15, 0.2) is 0 Å². The summed E-state index contributed by atoms with van der Waals surface area (Å²) in [5, 5.41) is 7.56. The molecule has 6 heteroatoms. The Labute approximate surface area is 142 Å². The van der Waals surface area contributed by atoms with Crippen molar-refractivity contribution >= 4 is 5.91 Å². The van der Waals surface area contributed by atoms with Crippen LogP contribution in [0.1, 0.15) is 47.9 Å². The van der Waals surface area contributed by atoms with Crippen molar-refractivity contribution in [2.45, 2.75) is 44.3 Å². The Morgan fingerprint density at radius 1 is 1.38 bits per heavy atom. The van der Waals surface area contributed by atoms with E-state index in [4.69, 9.17) is 0 Å². The van der Waals surface area contributed by atoms with Gasteiger partial charge in [0.2, 0.25) is 0 Å². The van der Waals surface area contributed by atoms with Gasteiger partial charge in [0.25, 0.3) is 5.91 Å². The van der Waals surface area contributed by atoms with Crippen molar-refractivity contribution in [3.8, 4) is 0 Å². The fourth-order valence-electron chi connectivity index (χ4n) is 3.80. The Bertz CT molecular complexity index is 715. The van der Waals surface area contributed by atoms with E-state index in [1.807, 2.05) is 36.1 Å². The minimum atomic E-state index is -0.00477. The summed E-state index contributed by atoms with van der Waals surface area (Å²) in [5.41, 5.74) is 2.00. The number of aromatic nitrogens is 3. The third kappa shape index (κ3) is 2.86. The molecule has 4 rings (SSSR count). The maximum Gasteiger partial charge on any atom is 0.267 e. The van der Waals surface area contributed by atoms with Crippen LogP contribution in [0.2, 0.25) is 0 Å². The highest BCUT2D eigenvalue weighted by atomic mass is 16.1. The zero-order valence-electron chi connectivity index (χ0n) is 14.2. The van der Waals surface area contributed by atoms with Gasteiger partial charge < -0.3 is 9.88 Å². The SMILES string of the molecule is Cn1cccc1C(=O)NCC[C@H]1CN(C2CCC2)Cc2ccnn21. The topological polar surface area (TPSA) is 55.1 Å². The molecular formula is C18H25N5O. The number of amides is 1.